The van der Waals surface area contributed by atoms with E-state index in [1.165, 1.54) is 14.2 Å². The fourth-order valence-corrected chi connectivity index (χ4v) is 4.15. The van der Waals surface area contributed by atoms with Gasteiger partial charge < -0.3 is 34.7 Å². The first-order valence-electron chi connectivity index (χ1n) is 12.0. The lowest BCUT2D eigenvalue weighted by atomic mass is 9.80. The lowest BCUT2D eigenvalue weighted by molar-refractivity contribution is -0.137. The van der Waals surface area contributed by atoms with Crippen LogP contribution in [-0.2, 0) is 19.1 Å². The highest BCUT2D eigenvalue weighted by molar-refractivity contribution is 5.99. The summed E-state index contributed by atoms with van der Waals surface area (Å²) in [5.41, 5.74) is 2.57. The first-order valence-corrected chi connectivity index (χ1v) is 12.0. The van der Waals surface area contributed by atoms with Crippen LogP contribution in [0.15, 0.2) is 77.1 Å². The molecule has 3 rings (SSSR count). The van der Waals surface area contributed by atoms with Crippen LogP contribution in [0.3, 0.4) is 0 Å². The third-order valence-corrected chi connectivity index (χ3v) is 5.88. The average Bonchev–Trinajstić information content (AvgIpc) is 2.91. The Kier molecular flexibility index (Phi) is 12.1. The predicted octanol–water partition coefficient (Wildman–Crippen LogP) is 3.10. The van der Waals surface area contributed by atoms with E-state index in [9.17, 15) is 14.7 Å². The number of methoxy groups -OCH3 is 2. The van der Waals surface area contributed by atoms with Crippen LogP contribution in [0.1, 0.15) is 25.3 Å². The Morgan fingerprint density at radius 2 is 1.53 bits per heavy atom. The van der Waals surface area contributed by atoms with Gasteiger partial charge in [0.05, 0.1) is 31.3 Å². The van der Waals surface area contributed by atoms with Gasteiger partial charge in [0.1, 0.15) is 30.8 Å². The van der Waals surface area contributed by atoms with Crippen LogP contribution in [0.2, 0.25) is 0 Å². The van der Waals surface area contributed by atoms with Crippen LogP contribution < -0.4 is 20.1 Å². The van der Waals surface area contributed by atoms with Crippen molar-refractivity contribution >= 4 is 24.3 Å². The molecule has 1 aliphatic heterocycles. The summed E-state index contributed by atoms with van der Waals surface area (Å²) in [6.07, 6.45) is -0.665. The monoisotopic (exact) mass is 546 g/mol. The molecule has 206 valence electrons. The van der Waals surface area contributed by atoms with E-state index in [1.807, 2.05) is 36.4 Å². The Labute approximate surface area is 229 Å². The highest BCUT2D eigenvalue weighted by atomic mass is 35.5. The van der Waals surface area contributed by atoms with Crippen molar-refractivity contribution in [1.82, 2.24) is 10.6 Å². The second-order valence-corrected chi connectivity index (χ2v) is 8.52. The molecule has 0 saturated heterocycles. The molecule has 0 aromatic heterocycles. The number of hydrogen-bond acceptors (Lipinski definition) is 9. The third-order valence-electron chi connectivity index (χ3n) is 5.88. The lowest BCUT2D eigenvalue weighted by Gasteiger charge is -2.30. The molecule has 0 bridgehead atoms. The number of ether oxygens (including phenoxy) is 4. The maximum Gasteiger partial charge on any atom is 0.336 e. The van der Waals surface area contributed by atoms with E-state index in [1.54, 1.807) is 32.0 Å². The standard InChI is InChI=1S/C28H34N2O7.ClH/c1-18-24(27(32)34-3)26(25(19(2)30-18)28(33)35-4)20-9-8-12-23(15-20)36-14-13-29-16-21(31)17-37-22-10-6-5-7-11-22;/h5-12,15,21,26,29-31H,13-14,16-17H2,1-4H3;1H. The predicted molar refractivity (Wildman–Crippen MR) is 145 cm³/mol. The molecule has 0 fully saturated rings. The van der Waals surface area contributed by atoms with Gasteiger partial charge in [-0.2, -0.15) is 0 Å². The topological polar surface area (TPSA) is 115 Å². The fraction of sp³-hybridized carbons (Fsp3) is 0.357. The van der Waals surface area contributed by atoms with E-state index in [0.717, 1.165) is 0 Å². The average molecular weight is 547 g/mol. The van der Waals surface area contributed by atoms with Crippen LogP contribution in [0.4, 0.5) is 0 Å². The zero-order valence-corrected chi connectivity index (χ0v) is 22.8. The zero-order chi connectivity index (χ0) is 26.8. The van der Waals surface area contributed by atoms with Gasteiger partial charge in [-0.1, -0.05) is 30.3 Å². The van der Waals surface area contributed by atoms with Crippen molar-refractivity contribution in [2.75, 3.05) is 40.5 Å². The molecular formula is C28H35ClN2O7. The fourth-order valence-electron chi connectivity index (χ4n) is 4.15. The van der Waals surface area contributed by atoms with E-state index in [2.05, 4.69) is 10.6 Å². The van der Waals surface area contributed by atoms with Crippen LogP contribution in [0.25, 0.3) is 0 Å². The molecule has 0 radical (unpaired) electrons. The van der Waals surface area contributed by atoms with Gasteiger partial charge in [-0.3, -0.25) is 0 Å². The van der Waals surface area contributed by atoms with Crippen LogP contribution in [0, 0.1) is 0 Å². The summed E-state index contributed by atoms with van der Waals surface area (Å²) in [6, 6.07) is 16.6. The van der Waals surface area contributed by atoms with Crippen molar-refractivity contribution in [1.29, 1.82) is 0 Å². The maximum absolute atomic E-state index is 12.7. The number of dihydropyridines is 1. The van der Waals surface area contributed by atoms with Crippen molar-refractivity contribution in [2.24, 2.45) is 0 Å². The molecule has 9 nitrogen and oxygen atoms in total. The quantitative estimate of drug-likeness (QED) is 0.273. The van der Waals surface area contributed by atoms with Gasteiger partial charge in [0.2, 0.25) is 0 Å². The highest BCUT2D eigenvalue weighted by Gasteiger charge is 2.37. The number of hydrogen-bond donors (Lipinski definition) is 3. The normalized spacial score (nSPS) is 14.2. The molecule has 0 amide bonds. The van der Waals surface area contributed by atoms with E-state index < -0.39 is 24.0 Å². The summed E-state index contributed by atoms with van der Waals surface area (Å²) in [5, 5.41) is 16.3. The number of allylic oxidation sites excluding steroid dienone is 2. The number of carbonyl (C=O) groups is 2. The summed E-state index contributed by atoms with van der Waals surface area (Å²) in [5.74, 6) is -0.458. The van der Waals surface area contributed by atoms with Crippen molar-refractivity contribution in [2.45, 2.75) is 25.9 Å². The van der Waals surface area contributed by atoms with Crippen LogP contribution in [0.5, 0.6) is 11.5 Å². The highest BCUT2D eigenvalue weighted by Crippen LogP contribution is 2.40. The molecule has 10 heteroatoms. The number of aliphatic hydroxyl groups excluding tert-OH is 1. The number of nitrogens with one attached hydrogen (secondary N) is 2. The third kappa shape index (κ3) is 7.98. The van der Waals surface area contributed by atoms with Crippen LogP contribution >= 0.6 is 12.4 Å². The van der Waals surface area contributed by atoms with Crippen molar-refractivity contribution < 1.29 is 33.6 Å². The molecule has 1 heterocycles. The number of benzene rings is 2. The summed E-state index contributed by atoms with van der Waals surface area (Å²) in [6.45, 7) is 4.91. The molecule has 1 atom stereocenters. The van der Waals surface area contributed by atoms with E-state index in [4.69, 9.17) is 18.9 Å². The molecule has 0 spiro atoms. The molecule has 38 heavy (non-hydrogen) atoms. The lowest BCUT2D eigenvalue weighted by Crippen LogP contribution is -2.33. The Hall–Kier alpha value is -3.53. The zero-order valence-electron chi connectivity index (χ0n) is 22.0. The SMILES string of the molecule is COC(=O)C1=C(C)NC(C)=C(C(=O)OC)C1c1cccc(OCCNCC(O)COc2ccccc2)c1.Cl. The molecule has 1 aliphatic rings. The minimum absolute atomic E-state index is 0. The Morgan fingerprint density at radius 1 is 0.921 bits per heavy atom. The molecule has 0 saturated carbocycles. The first-order chi connectivity index (χ1) is 17.8. The smallest absolute Gasteiger partial charge is 0.336 e. The van der Waals surface area contributed by atoms with Crippen molar-refractivity contribution in [3.63, 3.8) is 0 Å². The Bertz CT molecular complexity index is 1110. The van der Waals surface area contributed by atoms with E-state index in [0.29, 0.717) is 59.3 Å². The van der Waals surface area contributed by atoms with Gasteiger partial charge in [0, 0.05) is 24.5 Å². The van der Waals surface area contributed by atoms with Crippen LogP contribution in [-0.4, -0.2) is 63.7 Å². The van der Waals surface area contributed by atoms with Crippen molar-refractivity contribution in [3.8, 4) is 11.5 Å². The Balaban J connectivity index is 0.00000507. The maximum atomic E-state index is 12.7. The van der Waals surface area contributed by atoms with Gasteiger partial charge in [-0.25, -0.2) is 9.59 Å². The van der Waals surface area contributed by atoms with E-state index in [-0.39, 0.29) is 19.0 Å². The number of carbonyl (C=O) groups excluding carboxylic acids is 2. The van der Waals surface area contributed by atoms with Gasteiger partial charge >= 0.3 is 11.9 Å². The van der Waals surface area contributed by atoms with Gasteiger partial charge in [-0.15, -0.1) is 12.4 Å². The molecule has 3 N–H and O–H groups in total. The number of esters is 2. The number of halogens is 1. The van der Waals surface area contributed by atoms with E-state index >= 15 is 0 Å². The molecular weight excluding hydrogens is 512 g/mol. The summed E-state index contributed by atoms with van der Waals surface area (Å²) in [7, 11) is 2.61. The minimum atomic E-state index is -0.678. The largest absolute Gasteiger partial charge is 0.492 e. The number of rotatable bonds is 12. The summed E-state index contributed by atoms with van der Waals surface area (Å²) >= 11 is 0. The summed E-state index contributed by atoms with van der Waals surface area (Å²) in [4.78, 5) is 25.3. The molecule has 0 aliphatic carbocycles. The Morgan fingerprint density at radius 3 is 2.13 bits per heavy atom. The molecule has 2 aromatic rings. The van der Waals surface area contributed by atoms with Crippen molar-refractivity contribution in [3.05, 3.63) is 82.7 Å². The first kappa shape index (κ1) is 30.7. The van der Waals surface area contributed by atoms with Gasteiger partial charge in [0.15, 0.2) is 0 Å². The van der Waals surface area contributed by atoms with Gasteiger partial charge in [0.25, 0.3) is 0 Å². The van der Waals surface area contributed by atoms with Gasteiger partial charge in [-0.05, 0) is 43.7 Å². The number of aliphatic hydroxyl groups is 1. The summed E-state index contributed by atoms with van der Waals surface area (Å²) < 4.78 is 21.5. The number of para-hydroxylation sites is 1. The molecule has 2 aromatic carbocycles. The minimum Gasteiger partial charge on any atom is -0.492 e. The second kappa shape index (κ2) is 15.0. The molecule has 1 unspecified atom stereocenters. The second-order valence-electron chi connectivity index (χ2n) is 8.52.